The zero-order valence-electron chi connectivity index (χ0n) is 12.4. The lowest BCUT2D eigenvalue weighted by Gasteiger charge is -2.17. The van der Waals surface area contributed by atoms with E-state index in [2.05, 4.69) is 15.2 Å². The van der Waals surface area contributed by atoms with Crippen molar-refractivity contribution in [3.63, 3.8) is 0 Å². The zero-order chi connectivity index (χ0) is 14.7. The fourth-order valence-electron chi connectivity index (χ4n) is 3.36. The SMILES string of the molecule is N[C@@H]1CCC[C@H]1CC(=O)Nc1ccc(N2CCCC2)nc1. The molecule has 1 aromatic rings. The van der Waals surface area contributed by atoms with Gasteiger partial charge in [-0.3, -0.25) is 4.79 Å². The lowest BCUT2D eigenvalue weighted by Crippen LogP contribution is -2.28. The molecule has 21 heavy (non-hydrogen) atoms. The Labute approximate surface area is 125 Å². The molecule has 1 saturated heterocycles. The smallest absolute Gasteiger partial charge is 0.224 e. The lowest BCUT2D eigenvalue weighted by molar-refractivity contribution is -0.117. The maximum absolute atomic E-state index is 12.1. The van der Waals surface area contributed by atoms with Crippen molar-refractivity contribution >= 4 is 17.4 Å². The van der Waals surface area contributed by atoms with Crippen molar-refractivity contribution in [2.75, 3.05) is 23.3 Å². The third-order valence-electron chi connectivity index (χ3n) is 4.63. The number of pyridine rings is 1. The van der Waals surface area contributed by atoms with E-state index < -0.39 is 0 Å². The first-order chi connectivity index (χ1) is 10.2. The van der Waals surface area contributed by atoms with E-state index in [1.165, 1.54) is 12.8 Å². The Morgan fingerprint density at radius 2 is 2.10 bits per heavy atom. The quantitative estimate of drug-likeness (QED) is 0.890. The van der Waals surface area contributed by atoms with Crippen molar-refractivity contribution in [3.05, 3.63) is 18.3 Å². The van der Waals surface area contributed by atoms with Crippen LogP contribution in [0.3, 0.4) is 0 Å². The number of hydrogen-bond acceptors (Lipinski definition) is 4. The molecule has 0 bridgehead atoms. The number of anilines is 2. The first kappa shape index (κ1) is 14.3. The predicted octanol–water partition coefficient (Wildman–Crippen LogP) is 2.14. The Morgan fingerprint density at radius 1 is 1.29 bits per heavy atom. The van der Waals surface area contributed by atoms with Gasteiger partial charge < -0.3 is 16.0 Å². The van der Waals surface area contributed by atoms with E-state index in [0.717, 1.165) is 43.9 Å². The van der Waals surface area contributed by atoms with Crippen LogP contribution in [-0.2, 0) is 4.79 Å². The number of nitrogens with one attached hydrogen (secondary N) is 1. The number of amides is 1. The minimum atomic E-state index is 0.0491. The van der Waals surface area contributed by atoms with Gasteiger partial charge in [0.1, 0.15) is 5.82 Å². The van der Waals surface area contributed by atoms with Gasteiger partial charge in [0.2, 0.25) is 5.91 Å². The maximum Gasteiger partial charge on any atom is 0.224 e. The second-order valence-corrected chi connectivity index (χ2v) is 6.21. The average molecular weight is 288 g/mol. The van der Waals surface area contributed by atoms with Gasteiger partial charge >= 0.3 is 0 Å². The van der Waals surface area contributed by atoms with Gasteiger partial charge in [-0.25, -0.2) is 4.98 Å². The highest BCUT2D eigenvalue weighted by Gasteiger charge is 2.26. The third kappa shape index (κ3) is 3.53. The molecule has 2 aliphatic rings. The van der Waals surface area contributed by atoms with Crippen LogP contribution in [0.1, 0.15) is 38.5 Å². The van der Waals surface area contributed by atoms with Crippen LogP contribution in [0.4, 0.5) is 11.5 Å². The molecule has 3 N–H and O–H groups in total. The molecular formula is C16H24N4O. The average Bonchev–Trinajstić information content (AvgIpc) is 3.12. The van der Waals surface area contributed by atoms with Gasteiger partial charge in [0.05, 0.1) is 11.9 Å². The molecule has 0 spiro atoms. The molecule has 2 atom stereocenters. The van der Waals surface area contributed by atoms with Crippen LogP contribution in [0, 0.1) is 5.92 Å². The van der Waals surface area contributed by atoms with E-state index in [-0.39, 0.29) is 11.9 Å². The summed E-state index contributed by atoms with van der Waals surface area (Å²) in [6.07, 6.45) is 8.01. The Morgan fingerprint density at radius 3 is 2.71 bits per heavy atom. The van der Waals surface area contributed by atoms with E-state index in [4.69, 9.17) is 5.73 Å². The van der Waals surface area contributed by atoms with Gasteiger partial charge in [0.25, 0.3) is 0 Å². The Kier molecular flexibility index (Phi) is 4.39. The molecule has 2 fully saturated rings. The van der Waals surface area contributed by atoms with Crippen LogP contribution in [0.15, 0.2) is 18.3 Å². The summed E-state index contributed by atoms with van der Waals surface area (Å²) in [5, 5.41) is 2.93. The molecule has 1 aromatic heterocycles. The molecule has 1 amide bonds. The summed E-state index contributed by atoms with van der Waals surface area (Å²) < 4.78 is 0. The standard InChI is InChI=1S/C16H24N4O/c17-14-5-3-4-12(14)10-16(21)19-13-6-7-15(18-11-13)20-8-1-2-9-20/h6-7,11-12,14H,1-5,8-10,17H2,(H,19,21)/t12-,14+/m0/s1. The number of aromatic nitrogens is 1. The molecule has 5 heteroatoms. The maximum atomic E-state index is 12.1. The van der Waals surface area contributed by atoms with Crippen molar-refractivity contribution in [1.82, 2.24) is 4.98 Å². The molecule has 1 aliphatic carbocycles. The van der Waals surface area contributed by atoms with E-state index >= 15 is 0 Å². The summed E-state index contributed by atoms with van der Waals surface area (Å²) in [6.45, 7) is 2.16. The molecule has 1 saturated carbocycles. The van der Waals surface area contributed by atoms with Crippen molar-refractivity contribution in [2.24, 2.45) is 11.7 Å². The van der Waals surface area contributed by atoms with Gasteiger partial charge in [-0.1, -0.05) is 6.42 Å². The van der Waals surface area contributed by atoms with Crippen LogP contribution < -0.4 is 16.0 Å². The fraction of sp³-hybridized carbons (Fsp3) is 0.625. The summed E-state index contributed by atoms with van der Waals surface area (Å²) in [6, 6.07) is 4.11. The molecule has 0 aromatic carbocycles. The molecule has 114 valence electrons. The second kappa shape index (κ2) is 6.43. The van der Waals surface area contributed by atoms with E-state index in [0.29, 0.717) is 12.3 Å². The van der Waals surface area contributed by atoms with E-state index in [1.807, 2.05) is 12.1 Å². The van der Waals surface area contributed by atoms with Crippen LogP contribution in [0.5, 0.6) is 0 Å². The number of nitrogens with zero attached hydrogens (tertiary/aromatic N) is 2. The van der Waals surface area contributed by atoms with Crippen LogP contribution in [0.2, 0.25) is 0 Å². The molecule has 5 nitrogen and oxygen atoms in total. The second-order valence-electron chi connectivity index (χ2n) is 6.21. The molecule has 0 radical (unpaired) electrons. The van der Waals surface area contributed by atoms with Gasteiger partial charge in [-0.05, 0) is 43.7 Å². The van der Waals surface area contributed by atoms with Gasteiger partial charge in [-0.2, -0.15) is 0 Å². The van der Waals surface area contributed by atoms with Crippen LogP contribution in [-0.4, -0.2) is 30.0 Å². The largest absolute Gasteiger partial charge is 0.357 e. The molecule has 3 rings (SSSR count). The van der Waals surface area contributed by atoms with Crippen LogP contribution >= 0.6 is 0 Å². The van der Waals surface area contributed by atoms with Gasteiger partial charge in [-0.15, -0.1) is 0 Å². The van der Waals surface area contributed by atoms with Gasteiger partial charge in [0.15, 0.2) is 0 Å². The van der Waals surface area contributed by atoms with E-state index in [1.54, 1.807) is 6.20 Å². The minimum absolute atomic E-state index is 0.0491. The number of hydrogen-bond donors (Lipinski definition) is 2. The van der Waals surface area contributed by atoms with E-state index in [9.17, 15) is 4.79 Å². The van der Waals surface area contributed by atoms with Crippen molar-refractivity contribution < 1.29 is 4.79 Å². The third-order valence-corrected chi connectivity index (χ3v) is 4.63. The highest BCUT2D eigenvalue weighted by molar-refractivity contribution is 5.90. The summed E-state index contributed by atoms with van der Waals surface area (Å²) in [5.41, 5.74) is 6.79. The Balaban J connectivity index is 1.53. The van der Waals surface area contributed by atoms with Crippen LogP contribution in [0.25, 0.3) is 0 Å². The highest BCUT2D eigenvalue weighted by Crippen LogP contribution is 2.27. The number of rotatable bonds is 4. The first-order valence-corrected chi connectivity index (χ1v) is 7.99. The van der Waals surface area contributed by atoms with Crippen molar-refractivity contribution in [2.45, 2.75) is 44.6 Å². The topological polar surface area (TPSA) is 71.2 Å². The molecular weight excluding hydrogens is 264 g/mol. The van der Waals surface area contributed by atoms with Crippen molar-refractivity contribution in [1.29, 1.82) is 0 Å². The summed E-state index contributed by atoms with van der Waals surface area (Å²) >= 11 is 0. The number of nitrogens with two attached hydrogens (primary N) is 1. The minimum Gasteiger partial charge on any atom is -0.357 e. The van der Waals surface area contributed by atoms with Crippen molar-refractivity contribution in [3.8, 4) is 0 Å². The summed E-state index contributed by atoms with van der Waals surface area (Å²) in [4.78, 5) is 18.8. The molecule has 0 unspecified atom stereocenters. The fourth-order valence-corrected chi connectivity index (χ4v) is 3.36. The monoisotopic (exact) mass is 288 g/mol. The normalized spacial score (nSPS) is 25.3. The highest BCUT2D eigenvalue weighted by atomic mass is 16.1. The predicted molar refractivity (Wildman–Crippen MR) is 84.2 cm³/mol. The summed E-state index contributed by atoms with van der Waals surface area (Å²) in [5.74, 6) is 1.39. The number of carbonyl (C=O) groups is 1. The first-order valence-electron chi connectivity index (χ1n) is 7.99. The number of carbonyl (C=O) groups excluding carboxylic acids is 1. The Bertz CT molecular complexity index is 482. The Hall–Kier alpha value is -1.62. The molecule has 1 aliphatic heterocycles. The molecule has 2 heterocycles. The van der Waals surface area contributed by atoms with Gasteiger partial charge in [0, 0.05) is 25.6 Å². The lowest BCUT2D eigenvalue weighted by atomic mass is 10.00. The summed E-state index contributed by atoms with van der Waals surface area (Å²) in [7, 11) is 0. The zero-order valence-corrected chi connectivity index (χ0v) is 12.4.